The van der Waals surface area contributed by atoms with Crippen molar-refractivity contribution in [1.29, 1.82) is 0 Å². The lowest BCUT2D eigenvalue weighted by molar-refractivity contribution is -0.122. The number of aryl methyl sites for hydroxylation is 1. The number of thiophene rings is 1. The molecule has 3 fully saturated rings. The predicted molar refractivity (Wildman–Crippen MR) is 171 cm³/mol. The number of fused-ring (bicyclic) bond motifs is 2. The molecule has 3 atom stereocenters. The summed E-state index contributed by atoms with van der Waals surface area (Å²) >= 11 is 1.51. The summed E-state index contributed by atoms with van der Waals surface area (Å²) in [7, 11) is 6.24. The lowest BCUT2D eigenvalue weighted by atomic mass is 9.61. The van der Waals surface area contributed by atoms with Gasteiger partial charge in [0, 0.05) is 16.0 Å². The molecule has 3 aliphatic carbocycles. The molecule has 4 aliphatic rings. The average Bonchev–Trinajstić information content (AvgIpc) is 3.59. The molecule has 1 aliphatic heterocycles. The number of likely N-dealkylation sites (N-methyl/N-ethyl adjacent to an activating group) is 2. The predicted octanol–water partition coefficient (Wildman–Crippen LogP) is 3.90. The second-order valence-electron chi connectivity index (χ2n) is 13.0. The number of carbonyl (C=O) groups excluding carboxylic acids is 1. The van der Waals surface area contributed by atoms with E-state index >= 15 is 0 Å². The van der Waals surface area contributed by atoms with Gasteiger partial charge < -0.3 is 31.6 Å². The highest BCUT2D eigenvalue weighted by Gasteiger charge is 2.49. The van der Waals surface area contributed by atoms with Gasteiger partial charge in [0.25, 0.3) is 0 Å². The summed E-state index contributed by atoms with van der Waals surface area (Å²) in [5, 5.41) is 0.592. The molecule has 6 N–H and O–H groups in total. The zero-order valence-corrected chi connectivity index (χ0v) is 26.5. The quantitative estimate of drug-likeness (QED) is 0.283. The van der Waals surface area contributed by atoms with E-state index in [1.165, 1.54) is 11.3 Å². The van der Waals surface area contributed by atoms with E-state index in [0.29, 0.717) is 41.0 Å². The van der Waals surface area contributed by atoms with Crippen LogP contribution < -0.4 is 26.7 Å². The topological polar surface area (TPSA) is 146 Å². The Hall–Kier alpha value is -3.15. The average molecular weight is 608 g/mol. The van der Waals surface area contributed by atoms with Crippen LogP contribution in [0.3, 0.4) is 0 Å². The maximum atomic E-state index is 14.4. The summed E-state index contributed by atoms with van der Waals surface area (Å²) in [6.07, 6.45) is 10.5. The van der Waals surface area contributed by atoms with Crippen LogP contribution in [-0.2, 0) is 16.6 Å². The van der Waals surface area contributed by atoms with Crippen LogP contribution in [0.1, 0.15) is 74.1 Å². The number of Topliss-reactive ketones (excluding diaryl/α,β-unsaturated/α-hetero) is 1. The van der Waals surface area contributed by atoms with Crippen molar-refractivity contribution in [2.24, 2.45) is 5.73 Å². The van der Waals surface area contributed by atoms with Crippen molar-refractivity contribution in [3.05, 3.63) is 40.6 Å². The van der Waals surface area contributed by atoms with Crippen molar-refractivity contribution >= 4 is 33.5 Å². The number of likely N-dealkylation sites (tertiary alicyclic amines) is 1. The number of aromatic nitrogens is 2. The lowest BCUT2D eigenvalue weighted by Gasteiger charge is -2.40. The second-order valence-corrected chi connectivity index (χ2v) is 14.1. The second kappa shape index (κ2) is 11.4. The van der Waals surface area contributed by atoms with Gasteiger partial charge in [-0.3, -0.25) is 9.69 Å². The molecule has 43 heavy (non-hydrogen) atoms. The van der Waals surface area contributed by atoms with Gasteiger partial charge in [0.1, 0.15) is 17.7 Å². The molecule has 0 radical (unpaired) electrons. The molecule has 232 valence electrons. The molecule has 1 spiro atoms. The summed E-state index contributed by atoms with van der Waals surface area (Å²) in [4.78, 5) is 29.5. The minimum Gasteiger partial charge on any atom is -0.475 e. The Labute approximate surface area is 258 Å². The SMILES string of the molecule is C=C[C@H](Oc1cc(OCC2(N(C)C)CC2)nc(/C(N)=C2\CCC[C@@]3(CCCc4sc(N)c(N)c43)C2=O)n1)[C@@H]1CCCN1C. The third kappa shape index (κ3) is 5.29. The van der Waals surface area contributed by atoms with Crippen LogP contribution in [0.2, 0.25) is 0 Å². The largest absolute Gasteiger partial charge is 0.475 e. The standard InChI is InChI=1S/C32H45N7O3S/c1-5-21(20-10-8-16-39(20)4)42-24-17-23(41-18-31(14-15-31)38(2)3)36-30(37-24)26(33)19-9-6-12-32(28(19)40)13-7-11-22-25(32)27(34)29(35)43-22/h5,17,20-21H,1,6-16,18,33-35H2,2-4H3/b26-19-/t20-,21-,32-/m0/s1. The van der Waals surface area contributed by atoms with Gasteiger partial charge in [-0.15, -0.1) is 11.3 Å². The maximum absolute atomic E-state index is 14.4. The van der Waals surface area contributed by atoms with Crippen LogP contribution in [-0.4, -0.2) is 77.5 Å². The number of rotatable bonds is 9. The summed E-state index contributed by atoms with van der Waals surface area (Å²) < 4.78 is 12.7. The van der Waals surface area contributed by atoms with Crippen LogP contribution >= 0.6 is 11.3 Å². The fourth-order valence-corrected chi connectivity index (χ4v) is 8.48. The molecule has 1 saturated heterocycles. The first-order valence-electron chi connectivity index (χ1n) is 15.5. The van der Waals surface area contributed by atoms with Crippen LogP contribution in [0.5, 0.6) is 11.8 Å². The summed E-state index contributed by atoms with van der Waals surface area (Å²) in [6, 6.07) is 1.92. The summed E-state index contributed by atoms with van der Waals surface area (Å²) in [6.45, 7) is 5.55. The zero-order valence-electron chi connectivity index (χ0n) is 25.7. The molecule has 6 rings (SSSR count). The molecule has 0 unspecified atom stereocenters. The first-order valence-corrected chi connectivity index (χ1v) is 16.3. The van der Waals surface area contributed by atoms with E-state index in [2.05, 4.69) is 37.5 Å². The number of carbonyl (C=O) groups is 1. The van der Waals surface area contributed by atoms with Crippen LogP contribution in [0.15, 0.2) is 24.3 Å². The molecule has 0 amide bonds. The number of ether oxygens (including phenoxy) is 2. The number of hydrogen-bond donors (Lipinski definition) is 3. The van der Waals surface area contributed by atoms with Crippen molar-refractivity contribution in [1.82, 2.24) is 19.8 Å². The molecule has 0 aromatic carbocycles. The third-order valence-corrected chi connectivity index (χ3v) is 11.3. The fourth-order valence-electron chi connectivity index (χ4n) is 7.35. The third-order valence-electron chi connectivity index (χ3n) is 10.2. The highest BCUT2D eigenvalue weighted by atomic mass is 32.1. The van der Waals surface area contributed by atoms with Gasteiger partial charge >= 0.3 is 0 Å². The molecule has 10 nitrogen and oxygen atoms in total. The highest BCUT2D eigenvalue weighted by molar-refractivity contribution is 7.16. The Morgan fingerprint density at radius 2 is 1.91 bits per heavy atom. The molecule has 0 bridgehead atoms. The van der Waals surface area contributed by atoms with E-state index < -0.39 is 5.41 Å². The Kier molecular flexibility index (Phi) is 7.93. The number of nitrogen functional groups attached to an aromatic ring is 2. The summed E-state index contributed by atoms with van der Waals surface area (Å²) in [5.74, 6) is 1.00. The Balaban J connectivity index is 1.37. The molecular formula is C32H45N7O3S. The van der Waals surface area contributed by atoms with Crippen LogP contribution in [0.25, 0.3) is 5.70 Å². The van der Waals surface area contributed by atoms with Crippen LogP contribution in [0, 0.1) is 0 Å². The minimum atomic E-state index is -0.706. The Morgan fingerprint density at radius 3 is 2.56 bits per heavy atom. The van der Waals surface area contributed by atoms with Gasteiger partial charge in [-0.2, -0.15) is 9.97 Å². The molecule has 3 heterocycles. The van der Waals surface area contributed by atoms with E-state index in [-0.39, 0.29) is 35.0 Å². The molecule has 2 aromatic rings. The Morgan fingerprint density at radius 1 is 1.19 bits per heavy atom. The van der Waals surface area contributed by atoms with Gasteiger partial charge in [-0.25, -0.2) is 0 Å². The minimum absolute atomic E-state index is 0.000921. The van der Waals surface area contributed by atoms with Crippen molar-refractivity contribution < 1.29 is 14.3 Å². The number of hydrogen-bond acceptors (Lipinski definition) is 11. The number of allylic oxidation sites excluding steroid dienone is 1. The molecular weight excluding hydrogens is 562 g/mol. The van der Waals surface area contributed by atoms with E-state index in [0.717, 1.165) is 74.8 Å². The van der Waals surface area contributed by atoms with Crippen molar-refractivity contribution in [3.63, 3.8) is 0 Å². The first kappa shape index (κ1) is 29.9. The van der Waals surface area contributed by atoms with Gasteiger partial charge in [-0.05, 0) is 98.0 Å². The van der Waals surface area contributed by atoms with Gasteiger partial charge in [0.05, 0.1) is 34.4 Å². The summed E-state index contributed by atoms with van der Waals surface area (Å²) in [5.41, 5.74) is 21.2. The maximum Gasteiger partial charge on any atom is 0.221 e. The Bertz CT molecular complexity index is 1450. The number of nitrogens with zero attached hydrogens (tertiary/aromatic N) is 4. The normalized spacial score (nSPS) is 26.8. The van der Waals surface area contributed by atoms with Gasteiger partial charge in [-0.1, -0.05) is 6.58 Å². The first-order chi connectivity index (χ1) is 20.6. The zero-order chi connectivity index (χ0) is 30.5. The van der Waals surface area contributed by atoms with E-state index in [9.17, 15) is 4.79 Å². The van der Waals surface area contributed by atoms with E-state index in [4.69, 9.17) is 36.6 Å². The smallest absolute Gasteiger partial charge is 0.221 e. The van der Waals surface area contributed by atoms with Gasteiger partial charge in [0.2, 0.25) is 11.8 Å². The lowest BCUT2D eigenvalue weighted by Crippen LogP contribution is -2.43. The highest BCUT2D eigenvalue weighted by Crippen LogP contribution is 2.53. The monoisotopic (exact) mass is 607 g/mol. The van der Waals surface area contributed by atoms with E-state index in [1.54, 1.807) is 6.07 Å². The molecule has 11 heteroatoms. The van der Waals surface area contributed by atoms with Crippen molar-refractivity contribution in [2.45, 2.75) is 87.3 Å². The fraction of sp³-hybridized carbons (Fsp3) is 0.594. The van der Waals surface area contributed by atoms with Crippen molar-refractivity contribution in [2.75, 3.05) is 45.8 Å². The molecule has 2 aromatic heterocycles. The van der Waals surface area contributed by atoms with Gasteiger partial charge in [0.15, 0.2) is 11.6 Å². The molecule has 2 saturated carbocycles. The number of ketones is 1. The number of anilines is 2. The van der Waals surface area contributed by atoms with E-state index in [1.807, 2.05) is 6.08 Å². The number of nitrogens with two attached hydrogens (primary N) is 3. The van der Waals surface area contributed by atoms with Crippen molar-refractivity contribution in [3.8, 4) is 11.8 Å². The van der Waals surface area contributed by atoms with Crippen LogP contribution in [0.4, 0.5) is 10.7 Å².